The Balaban J connectivity index is 1.95. The molecule has 2 heterocycles. The van der Waals surface area contributed by atoms with E-state index in [2.05, 4.69) is 4.98 Å². The van der Waals surface area contributed by atoms with Gasteiger partial charge in [0.2, 0.25) is 0 Å². The molecule has 0 amide bonds. The Morgan fingerprint density at radius 3 is 2.44 bits per heavy atom. The molecule has 0 aliphatic carbocycles. The fourth-order valence-corrected chi connectivity index (χ4v) is 5.29. The lowest BCUT2D eigenvalue weighted by Gasteiger charge is -2.17. The van der Waals surface area contributed by atoms with Crippen molar-refractivity contribution in [3.8, 4) is 22.5 Å². The minimum absolute atomic E-state index is 0.0415. The number of hydrogen-bond acceptors (Lipinski definition) is 4. The van der Waals surface area contributed by atoms with Crippen LogP contribution in [0.3, 0.4) is 0 Å². The zero-order valence-electron chi connectivity index (χ0n) is 14.4. The Morgan fingerprint density at radius 1 is 1.07 bits per heavy atom. The van der Waals surface area contributed by atoms with Gasteiger partial charge >= 0.3 is 5.97 Å². The van der Waals surface area contributed by atoms with Crippen LogP contribution in [0.2, 0.25) is 0 Å². The number of carboxylic acids is 1. The van der Waals surface area contributed by atoms with Crippen LogP contribution >= 0.6 is 0 Å². The summed E-state index contributed by atoms with van der Waals surface area (Å²) in [5.41, 5.74) is 2.84. The average molecular weight is 382 g/mol. The molecule has 1 aliphatic heterocycles. The predicted molar refractivity (Wildman–Crippen MR) is 102 cm³/mol. The first-order valence-electron chi connectivity index (χ1n) is 8.61. The molecule has 1 saturated heterocycles. The molecule has 2 aromatic carbocycles. The van der Waals surface area contributed by atoms with Crippen LogP contribution in [0.25, 0.3) is 22.5 Å². The molecule has 0 radical (unpaired) electrons. The van der Waals surface area contributed by atoms with Gasteiger partial charge in [-0.05, 0) is 12.5 Å². The predicted octanol–water partition coefficient (Wildman–Crippen LogP) is 3.27. The van der Waals surface area contributed by atoms with Gasteiger partial charge in [0.05, 0.1) is 40.8 Å². The molecule has 3 aromatic rings. The fraction of sp³-hybridized carbons (Fsp3) is 0.200. The number of aromatic carboxylic acids is 1. The lowest BCUT2D eigenvalue weighted by atomic mass is 9.99. The van der Waals surface area contributed by atoms with Gasteiger partial charge in [0.15, 0.2) is 9.84 Å². The van der Waals surface area contributed by atoms with Gasteiger partial charge in [-0.25, -0.2) is 18.2 Å². The smallest absolute Gasteiger partial charge is 0.336 e. The van der Waals surface area contributed by atoms with Gasteiger partial charge in [-0.2, -0.15) is 0 Å². The van der Waals surface area contributed by atoms with E-state index in [9.17, 15) is 18.3 Å². The van der Waals surface area contributed by atoms with Crippen LogP contribution < -0.4 is 0 Å². The lowest BCUT2D eigenvalue weighted by molar-refractivity contribution is 0.0697. The van der Waals surface area contributed by atoms with Gasteiger partial charge in [0.25, 0.3) is 0 Å². The monoisotopic (exact) mass is 382 g/mol. The minimum Gasteiger partial charge on any atom is -0.478 e. The van der Waals surface area contributed by atoms with Crippen molar-refractivity contribution >= 4 is 15.8 Å². The van der Waals surface area contributed by atoms with Crippen LogP contribution in [0, 0.1) is 0 Å². The third kappa shape index (κ3) is 3.26. The van der Waals surface area contributed by atoms with E-state index in [-0.39, 0.29) is 23.1 Å². The number of aromatic nitrogens is 2. The summed E-state index contributed by atoms with van der Waals surface area (Å²) in [4.78, 5) is 16.3. The number of sulfone groups is 1. The van der Waals surface area contributed by atoms with Crippen LogP contribution in [0.4, 0.5) is 0 Å². The molecule has 6 nitrogen and oxygen atoms in total. The third-order valence-electron chi connectivity index (χ3n) is 4.86. The summed E-state index contributed by atoms with van der Waals surface area (Å²) in [5.74, 6) is -0.854. The average Bonchev–Trinajstić information content (AvgIpc) is 3.25. The molecule has 4 rings (SSSR count). The van der Waals surface area contributed by atoms with Crippen molar-refractivity contribution in [1.29, 1.82) is 0 Å². The van der Waals surface area contributed by atoms with E-state index >= 15 is 0 Å². The SMILES string of the molecule is O=C(O)c1ccccc1-c1c(-c2ccccc2)ncn1[C@@H]1CCS(=O)(=O)C1. The third-order valence-corrected chi connectivity index (χ3v) is 6.61. The first kappa shape index (κ1) is 17.5. The molecule has 0 spiro atoms. The Kier molecular flexibility index (Phi) is 4.31. The van der Waals surface area contributed by atoms with Crippen molar-refractivity contribution in [2.75, 3.05) is 11.5 Å². The largest absolute Gasteiger partial charge is 0.478 e. The van der Waals surface area contributed by atoms with E-state index in [4.69, 9.17) is 0 Å². The maximum absolute atomic E-state index is 12.0. The Labute approximate surface area is 157 Å². The summed E-state index contributed by atoms with van der Waals surface area (Å²) < 4.78 is 25.8. The maximum atomic E-state index is 12.0. The highest BCUT2D eigenvalue weighted by Gasteiger charge is 2.32. The Morgan fingerprint density at radius 2 is 1.78 bits per heavy atom. The normalized spacial score (nSPS) is 18.4. The second-order valence-electron chi connectivity index (χ2n) is 6.62. The zero-order valence-corrected chi connectivity index (χ0v) is 15.3. The van der Waals surface area contributed by atoms with Crippen LogP contribution in [0.5, 0.6) is 0 Å². The van der Waals surface area contributed by atoms with Crippen LogP contribution in [0.1, 0.15) is 22.8 Å². The lowest BCUT2D eigenvalue weighted by Crippen LogP contribution is -2.12. The number of hydrogen-bond donors (Lipinski definition) is 1. The second-order valence-corrected chi connectivity index (χ2v) is 8.85. The molecule has 138 valence electrons. The number of benzene rings is 2. The first-order valence-corrected chi connectivity index (χ1v) is 10.4. The molecule has 1 aliphatic rings. The van der Waals surface area contributed by atoms with Crippen LogP contribution in [-0.2, 0) is 9.84 Å². The molecule has 1 aromatic heterocycles. The summed E-state index contributed by atoms with van der Waals surface area (Å²) >= 11 is 0. The van der Waals surface area contributed by atoms with Gasteiger partial charge < -0.3 is 9.67 Å². The van der Waals surface area contributed by atoms with E-state index in [0.29, 0.717) is 23.4 Å². The molecule has 0 saturated carbocycles. The first-order chi connectivity index (χ1) is 13.0. The van der Waals surface area contributed by atoms with Gasteiger partial charge in [0.1, 0.15) is 0 Å². The van der Waals surface area contributed by atoms with Gasteiger partial charge in [-0.3, -0.25) is 0 Å². The Hall–Kier alpha value is -2.93. The van der Waals surface area contributed by atoms with Crippen molar-refractivity contribution in [2.45, 2.75) is 12.5 Å². The topological polar surface area (TPSA) is 89.3 Å². The molecule has 1 fully saturated rings. The van der Waals surface area contributed by atoms with E-state index in [1.54, 1.807) is 30.6 Å². The van der Waals surface area contributed by atoms with Crippen molar-refractivity contribution in [2.24, 2.45) is 0 Å². The van der Waals surface area contributed by atoms with E-state index < -0.39 is 15.8 Å². The highest BCUT2D eigenvalue weighted by molar-refractivity contribution is 7.91. The summed E-state index contributed by atoms with van der Waals surface area (Å²) in [7, 11) is -3.09. The molecule has 7 heteroatoms. The standard InChI is InChI=1S/C20H18N2O4S/c23-20(24)17-9-5-4-8-16(17)19-18(14-6-2-1-3-7-14)21-13-22(19)15-10-11-27(25,26)12-15/h1-9,13,15H,10-12H2,(H,23,24)/t15-/m1/s1. The number of carbonyl (C=O) groups is 1. The maximum Gasteiger partial charge on any atom is 0.336 e. The van der Waals surface area contributed by atoms with Crippen molar-refractivity contribution < 1.29 is 18.3 Å². The van der Waals surface area contributed by atoms with Gasteiger partial charge in [-0.1, -0.05) is 48.5 Å². The second kappa shape index (κ2) is 6.66. The molecule has 0 unspecified atom stereocenters. The highest BCUT2D eigenvalue weighted by atomic mass is 32.2. The zero-order chi connectivity index (χ0) is 19.0. The van der Waals surface area contributed by atoms with E-state index in [1.165, 1.54) is 0 Å². The minimum atomic E-state index is -3.09. The highest BCUT2D eigenvalue weighted by Crippen LogP contribution is 2.37. The summed E-state index contributed by atoms with van der Waals surface area (Å²) in [6, 6.07) is 16.0. The quantitative estimate of drug-likeness (QED) is 0.748. The number of carboxylic acid groups (broad SMARTS) is 1. The van der Waals surface area contributed by atoms with Crippen molar-refractivity contribution in [3.63, 3.8) is 0 Å². The molecule has 1 N–H and O–H groups in total. The summed E-state index contributed by atoms with van der Waals surface area (Å²) in [6.07, 6.45) is 2.12. The van der Waals surface area contributed by atoms with Gasteiger partial charge in [0, 0.05) is 11.1 Å². The molecular weight excluding hydrogens is 364 g/mol. The van der Waals surface area contributed by atoms with Gasteiger partial charge in [-0.15, -0.1) is 0 Å². The molecular formula is C20H18N2O4S. The number of rotatable bonds is 4. The molecule has 1 atom stereocenters. The Bertz CT molecular complexity index is 1100. The van der Waals surface area contributed by atoms with E-state index in [1.807, 2.05) is 34.9 Å². The number of imidazole rings is 1. The van der Waals surface area contributed by atoms with Crippen LogP contribution in [-0.4, -0.2) is 40.6 Å². The van der Waals surface area contributed by atoms with Crippen molar-refractivity contribution in [1.82, 2.24) is 9.55 Å². The van der Waals surface area contributed by atoms with Crippen LogP contribution in [0.15, 0.2) is 60.9 Å². The fourth-order valence-electron chi connectivity index (χ4n) is 3.58. The summed E-state index contributed by atoms with van der Waals surface area (Å²) in [5, 5.41) is 9.64. The number of nitrogens with zero attached hydrogens (tertiary/aromatic N) is 2. The molecule has 0 bridgehead atoms. The van der Waals surface area contributed by atoms with E-state index in [0.717, 1.165) is 5.56 Å². The molecule has 27 heavy (non-hydrogen) atoms. The summed E-state index contributed by atoms with van der Waals surface area (Å²) in [6.45, 7) is 0. The van der Waals surface area contributed by atoms with Crippen molar-refractivity contribution in [3.05, 3.63) is 66.5 Å².